The van der Waals surface area contributed by atoms with Gasteiger partial charge in [-0.2, -0.15) is 13.2 Å². The van der Waals surface area contributed by atoms with E-state index in [2.05, 4.69) is 9.97 Å². The van der Waals surface area contributed by atoms with Crippen LogP contribution in [0.4, 0.5) is 24.7 Å². The van der Waals surface area contributed by atoms with Gasteiger partial charge in [0.1, 0.15) is 5.69 Å². The molecule has 0 aliphatic carbocycles. The molecule has 3 heterocycles. The Labute approximate surface area is 240 Å². The van der Waals surface area contributed by atoms with E-state index in [1.807, 2.05) is 30.3 Å². The highest BCUT2D eigenvalue weighted by Crippen LogP contribution is 2.45. The third-order valence-corrected chi connectivity index (χ3v) is 7.24. The summed E-state index contributed by atoms with van der Waals surface area (Å²) >= 11 is 0. The number of aromatic nitrogens is 4. The summed E-state index contributed by atoms with van der Waals surface area (Å²) in [6.07, 6.45) is -0.621. The zero-order valence-electron chi connectivity index (χ0n) is 23.6. The molecule has 0 saturated carbocycles. The summed E-state index contributed by atoms with van der Waals surface area (Å²) in [5.74, 6) is 0.525. The van der Waals surface area contributed by atoms with Crippen LogP contribution in [0.1, 0.15) is 22.5 Å². The SMILES string of the molecule is CON(C)c1nc2ccc(C(O)(c3ccc(C(F)(F)F)nc3)c3cncn3C)cc2c(N(C)OC)c1-c1ccccc1. The van der Waals surface area contributed by atoms with Gasteiger partial charge in [0.15, 0.2) is 11.4 Å². The lowest BCUT2D eigenvalue weighted by Gasteiger charge is -2.31. The Kier molecular flexibility index (Phi) is 7.62. The zero-order valence-corrected chi connectivity index (χ0v) is 23.6. The second-order valence-electron chi connectivity index (χ2n) is 9.65. The van der Waals surface area contributed by atoms with Gasteiger partial charge in [-0.25, -0.2) is 15.0 Å². The van der Waals surface area contributed by atoms with Crippen molar-refractivity contribution in [2.45, 2.75) is 11.8 Å². The molecule has 1 atom stereocenters. The Bertz CT molecular complexity index is 1710. The molecule has 0 amide bonds. The van der Waals surface area contributed by atoms with Gasteiger partial charge in [-0.05, 0) is 29.3 Å². The molecule has 0 saturated heterocycles. The standard InChI is InChI=1S/C30H29F3N6O3/c1-37-18-34-17-25(37)29(40,21-12-14-24(35-16-21)30(31,32)33)20-11-13-23-22(15-20)27(38(2)41-4)26(19-9-7-6-8-10-19)28(36-23)39(3)42-5/h6-18,40H,1-5H3. The van der Waals surface area contributed by atoms with Crippen LogP contribution in [-0.2, 0) is 28.5 Å². The number of hydrogen-bond donors (Lipinski definition) is 1. The van der Waals surface area contributed by atoms with E-state index in [0.717, 1.165) is 17.8 Å². The number of fused-ring (bicyclic) bond motifs is 1. The summed E-state index contributed by atoms with van der Waals surface area (Å²) in [5, 5.41) is 16.2. The smallest absolute Gasteiger partial charge is 0.374 e. The number of benzene rings is 2. The number of nitrogens with zero attached hydrogens (tertiary/aromatic N) is 6. The number of alkyl halides is 3. The van der Waals surface area contributed by atoms with Crippen LogP contribution in [0, 0.1) is 0 Å². The first-order valence-corrected chi connectivity index (χ1v) is 12.8. The Morgan fingerprint density at radius 1 is 0.881 bits per heavy atom. The van der Waals surface area contributed by atoms with Crippen LogP contribution in [0.5, 0.6) is 0 Å². The maximum atomic E-state index is 13.3. The van der Waals surface area contributed by atoms with Crippen LogP contribution in [0.2, 0.25) is 0 Å². The lowest BCUT2D eigenvalue weighted by molar-refractivity contribution is -0.141. The molecule has 9 nitrogen and oxygen atoms in total. The number of hydroxylamine groups is 2. The van der Waals surface area contributed by atoms with Crippen molar-refractivity contribution in [3.05, 3.63) is 102 Å². The van der Waals surface area contributed by atoms with E-state index in [9.17, 15) is 18.3 Å². The van der Waals surface area contributed by atoms with E-state index < -0.39 is 17.5 Å². The van der Waals surface area contributed by atoms with Crippen LogP contribution in [0.3, 0.4) is 0 Å². The lowest BCUT2D eigenvalue weighted by Crippen LogP contribution is -2.31. The van der Waals surface area contributed by atoms with Gasteiger partial charge in [0.25, 0.3) is 0 Å². The highest BCUT2D eigenvalue weighted by atomic mass is 19.4. The monoisotopic (exact) mass is 578 g/mol. The molecule has 2 aromatic carbocycles. The normalized spacial score (nSPS) is 13.3. The Morgan fingerprint density at radius 2 is 1.57 bits per heavy atom. The third kappa shape index (κ3) is 4.93. The average molecular weight is 579 g/mol. The van der Waals surface area contributed by atoms with E-state index in [0.29, 0.717) is 39.2 Å². The topological polar surface area (TPSA) is 88.8 Å². The lowest BCUT2D eigenvalue weighted by atomic mass is 9.83. The molecule has 0 aliphatic heterocycles. The number of aryl methyl sites for hydroxylation is 1. The fourth-order valence-electron chi connectivity index (χ4n) is 5.01. The number of halogens is 3. The van der Waals surface area contributed by atoms with E-state index in [-0.39, 0.29) is 5.56 Å². The quantitative estimate of drug-likeness (QED) is 0.247. The van der Waals surface area contributed by atoms with Crippen molar-refractivity contribution in [1.82, 2.24) is 19.5 Å². The van der Waals surface area contributed by atoms with Crippen LogP contribution in [0.25, 0.3) is 22.0 Å². The van der Waals surface area contributed by atoms with Crippen molar-refractivity contribution in [2.75, 3.05) is 38.4 Å². The molecule has 3 aromatic heterocycles. The molecule has 0 aliphatic rings. The predicted octanol–water partition coefficient (Wildman–Crippen LogP) is 5.33. The Hall–Kier alpha value is -4.52. The Balaban J connectivity index is 1.84. The predicted molar refractivity (Wildman–Crippen MR) is 153 cm³/mol. The summed E-state index contributed by atoms with van der Waals surface area (Å²) in [7, 11) is 8.25. The molecular weight excluding hydrogens is 549 g/mol. The maximum absolute atomic E-state index is 13.3. The van der Waals surface area contributed by atoms with Gasteiger partial charge in [0.2, 0.25) is 0 Å². The van der Waals surface area contributed by atoms with E-state index >= 15 is 0 Å². The fourth-order valence-corrected chi connectivity index (χ4v) is 5.01. The van der Waals surface area contributed by atoms with Crippen molar-refractivity contribution < 1.29 is 28.0 Å². The first-order chi connectivity index (χ1) is 20.0. The second-order valence-corrected chi connectivity index (χ2v) is 9.65. The summed E-state index contributed by atoms with van der Waals surface area (Å²) < 4.78 is 41.6. The first-order valence-electron chi connectivity index (χ1n) is 12.8. The minimum Gasteiger partial charge on any atom is -0.374 e. The average Bonchev–Trinajstić information content (AvgIpc) is 3.44. The number of pyridine rings is 2. The summed E-state index contributed by atoms with van der Waals surface area (Å²) in [5.41, 5.74) is 0.574. The number of imidazole rings is 1. The van der Waals surface area contributed by atoms with Gasteiger partial charge in [-0.1, -0.05) is 42.5 Å². The molecule has 0 spiro atoms. The van der Waals surface area contributed by atoms with Gasteiger partial charge in [-0.3, -0.25) is 19.7 Å². The number of hydrogen-bond acceptors (Lipinski definition) is 8. The number of aliphatic hydroxyl groups is 1. The molecule has 1 N–H and O–H groups in total. The molecule has 218 valence electrons. The molecule has 1 unspecified atom stereocenters. The minimum absolute atomic E-state index is 0.132. The molecule has 42 heavy (non-hydrogen) atoms. The molecule has 5 rings (SSSR count). The van der Waals surface area contributed by atoms with Crippen molar-refractivity contribution >= 4 is 22.4 Å². The summed E-state index contributed by atoms with van der Waals surface area (Å²) in [6.45, 7) is 0. The maximum Gasteiger partial charge on any atom is 0.433 e. The zero-order chi connectivity index (χ0) is 30.2. The highest BCUT2D eigenvalue weighted by Gasteiger charge is 2.39. The van der Waals surface area contributed by atoms with Gasteiger partial charge in [0, 0.05) is 38.3 Å². The van der Waals surface area contributed by atoms with Gasteiger partial charge >= 0.3 is 6.18 Å². The summed E-state index contributed by atoms with van der Waals surface area (Å²) in [6, 6.07) is 16.8. The summed E-state index contributed by atoms with van der Waals surface area (Å²) in [4.78, 5) is 23.9. The Morgan fingerprint density at radius 3 is 2.14 bits per heavy atom. The third-order valence-electron chi connectivity index (χ3n) is 7.24. The highest BCUT2D eigenvalue weighted by molar-refractivity contribution is 6.04. The van der Waals surface area contributed by atoms with Gasteiger partial charge in [0.05, 0.1) is 49.2 Å². The van der Waals surface area contributed by atoms with Crippen molar-refractivity contribution in [3.8, 4) is 11.1 Å². The van der Waals surface area contributed by atoms with Crippen molar-refractivity contribution in [3.63, 3.8) is 0 Å². The first kappa shape index (κ1) is 29.0. The molecule has 0 fully saturated rings. The van der Waals surface area contributed by atoms with Crippen LogP contribution >= 0.6 is 0 Å². The van der Waals surface area contributed by atoms with Crippen molar-refractivity contribution in [2.24, 2.45) is 7.05 Å². The van der Waals surface area contributed by atoms with Crippen LogP contribution in [-0.4, -0.2) is 52.9 Å². The minimum atomic E-state index is -4.63. The fraction of sp³-hybridized carbons (Fsp3) is 0.233. The number of anilines is 2. The molecule has 0 bridgehead atoms. The second kappa shape index (κ2) is 11.0. The van der Waals surface area contributed by atoms with Gasteiger partial charge in [-0.15, -0.1) is 0 Å². The molecule has 0 radical (unpaired) electrons. The molecule has 5 aromatic rings. The van der Waals surface area contributed by atoms with Crippen molar-refractivity contribution in [1.29, 1.82) is 0 Å². The molecule has 12 heteroatoms. The van der Waals surface area contributed by atoms with E-state index in [1.165, 1.54) is 32.8 Å². The molecular formula is C30H29F3N6O3. The van der Waals surface area contributed by atoms with Gasteiger partial charge < -0.3 is 9.67 Å². The van der Waals surface area contributed by atoms with Crippen LogP contribution < -0.4 is 10.1 Å². The van der Waals surface area contributed by atoms with E-state index in [1.54, 1.807) is 54.0 Å². The van der Waals surface area contributed by atoms with Crippen LogP contribution in [0.15, 0.2) is 79.4 Å². The number of rotatable bonds is 8. The van der Waals surface area contributed by atoms with E-state index in [4.69, 9.17) is 14.7 Å². The largest absolute Gasteiger partial charge is 0.433 e.